The Morgan fingerprint density at radius 3 is 2.82 bits per heavy atom. The van der Waals surface area contributed by atoms with Gasteiger partial charge in [-0.05, 0) is 19.8 Å². The molecule has 3 nitrogen and oxygen atoms in total. The molecule has 96 valence electrons. The van der Waals surface area contributed by atoms with E-state index in [1.54, 1.807) is 6.92 Å². The van der Waals surface area contributed by atoms with Crippen LogP contribution >= 0.6 is 0 Å². The van der Waals surface area contributed by atoms with Gasteiger partial charge in [0.25, 0.3) is 5.92 Å². The van der Waals surface area contributed by atoms with Crippen molar-refractivity contribution in [1.82, 2.24) is 0 Å². The number of halogens is 2. The number of hydrogen-bond donors (Lipinski definition) is 0. The number of ether oxygens (including phenoxy) is 1. The Morgan fingerprint density at radius 2 is 2.29 bits per heavy atom. The predicted octanol–water partition coefficient (Wildman–Crippen LogP) is 2.50. The summed E-state index contributed by atoms with van der Waals surface area (Å²) in [7, 11) is 0. The van der Waals surface area contributed by atoms with Crippen LogP contribution in [0.25, 0.3) is 0 Å². The van der Waals surface area contributed by atoms with E-state index in [1.165, 1.54) is 0 Å². The molecule has 17 heavy (non-hydrogen) atoms. The zero-order chi connectivity index (χ0) is 12.9. The molecule has 1 aliphatic carbocycles. The molecule has 0 aliphatic heterocycles. The number of alkyl halides is 2. The molecule has 1 fully saturated rings. The maximum Gasteiger partial charge on any atom is 0.330 e. The number of ketones is 1. The minimum Gasteiger partial charge on any atom is -0.463 e. The molecular weight excluding hydrogens is 230 g/mol. The van der Waals surface area contributed by atoms with E-state index >= 15 is 0 Å². The van der Waals surface area contributed by atoms with E-state index in [2.05, 4.69) is 4.74 Å². The highest BCUT2D eigenvalue weighted by Crippen LogP contribution is 2.37. The first-order valence-corrected chi connectivity index (χ1v) is 5.71. The standard InChI is InChI=1S/C12H16F2O3/c1-2-17-11(16)7-4-8-12(13,14)9-5-3-6-10(9)15/h4,7,9H,2-3,5-6,8H2,1H3/b7-4+. The number of carbonyl (C=O) groups is 2. The predicted molar refractivity (Wildman–Crippen MR) is 57.7 cm³/mol. The minimum absolute atomic E-state index is 0.209. The lowest BCUT2D eigenvalue weighted by Crippen LogP contribution is -2.30. The first-order valence-electron chi connectivity index (χ1n) is 5.71. The molecule has 0 heterocycles. The number of hydrogen-bond acceptors (Lipinski definition) is 3. The first kappa shape index (κ1) is 13.8. The molecule has 0 saturated heterocycles. The van der Waals surface area contributed by atoms with Crippen molar-refractivity contribution in [3.8, 4) is 0 Å². The second-order valence-corrected chi connectivity index (χ2v) is 4.03. The van der Waals surface area contributed by atoms with Gasteiger partial charge in [0.1, 0.15) is 5.78 Å². The van der Waals surface area contributed by atoms with Crippen molar-refractivity contribution in [2.45, 2.75) is 38.5 Å². The van der Waals surface area contributed by atoms with Gasteiger partial charge in [-0.25, -0.2) is 13.6 Å². The molecule has 1 saturated carbocycles. The fourth-order valence-corrected chi connectivity index (χ4v) is 1.91. The summed E-state index contributed by atoms with van der Waals surface area (Å²) < 4.78 is 31.7. The van der Waals surface area contributed by atoms with Crippen LogP contribution in [-0.4, -0.2) is 24.3 Å². The van der Waals surface area contributed by atoms with Crippen LogP contribution in [0.3, 0.4) is 0 Å². The van der Waals surface area contributed by atoms with Gasteiger partial charge in [0.2, 0.25) is 0 Å². The van der Waals surface area contributed by atoms with Gasteiger partial charge >= 0.3 is 5.97 Å². The third-order valence-corrected chi connectivity index (χ3v) is 2.74. The van der Waals surface area contributed by atoms with Gasteiger partial charge in [-0.3, -0.25) is 4.79 Å². The molecule has 0 spiro atoms. The van der Waals surface area contributed by atoms with Gasteiger partial charge in [0, 0.05) is 18.9 Å². The van der Waals surface area contributed by atoms with Crippen molar-refractivity contribution in [3.63, 3.8) is 0 Å². The zero-order valence-electron chi connectivity index (χ0n) is 9.75. The highest BCUT2D eigenvalue weighted by Gasteiger charge is 2.44. The Bertz CT molecular complexity index is 324. The number of rotatable bonds is 5. The lowest BCUT2D eigenvalue weighted by molar-refractivity contribution is -0.137. The molecule has 1 aliphatic rings. The lowest BCUT2D eigenvalue weighted by Gasteiger charge is -2.20. The van der Waals surface area contributed by atoms with E-state index < -0.39 is 24.2 Å². The Labute approximate surface area is 98.8 Å². The van der Waals surface area contributed by atoms with E-state index in [1.807, 2.05) is 0 Å². The monoisotopic (exact) mass is 246 g/mol. The van der Waals surface area contributed by atoms with Crippen LogP contribution in [0, 0.1) is 5.92 Å². The molecule has 1 rings (SSSR count). The third-order valence-electron chi connectivity index (χ3n) is 2.74. The van der Waals surface area contributed by atoms with E-state index in [9.17, 15) is 18.4 Å². The zero-order valence-corrected chi connectivity index (χ0v) is 9.75. The second-order valence-electron chi connectivity index (χ2n) is 4.03. The topological polar surface area (TPSA) is 43.4 Å². The van der Waals surface area contributed by atoms with E-state index in [0.717, 1.165) is 12.2 Å². The molecule has 0 bridgehead atoms. The average molecular weight is 246 g/mol. The van der Waals surface area contributed by atoms with Gasteiger partial charge < -0.3 is 4.74 Å². The summed E-state index contributed by atoms with van der Waals surface area (Å²) in [5, 5.41) is 0. The minimum atomic E-state index is -3.06. The third kappa shape index (κ3) is 3.91. The van der Waals surface area contributed by atoms with Crippen molar-refractivity contribution in [2.24, 2.45) is 5.92 Å². The van der Waals surface area contributed by atoms with Crippen LogP contribution in [-0.2, 0) is 14.3 Å². The van der Waals surface area contributed by atoms with Crippen LogP contribution in [0.15, 0.2) is 12.2 Å². The maximum atomic E-state index is 13.6. The summed E-state index contributed by atoms with van der Waals surface area (Å²) in [6.07, 6.45) is 2.46. The van der Waals surface area contributed by atoms with E-state index in [4.69, 9.17) is 0 Å². The SMILES string of the molecule is CCOC(=O)/C=C/CC(F)(F)C1CCCC1=O. The van der Waals surface area contributed by atoms with Crippen LogP contribution in [0.1, 0.15) is 32.6 Å². The van der Waals surface area contributed by atoms with Crippen molar-refractivity contribution >= 4 is 11.8 Å². The number of allylic oxidation sites excluding steroid dienone is 1. The Morgan fingerprint density at radius 1 is 1.59 bits per heavy atom. The molecule has 0 N–H and O–H groups in total. The molecule has 0 aromatic carbocycles. The van der Waals surface area contributed by atoms with Crippen molar-refractivity contribution in [2.75, 3.05) is 6.61 Å². The van der Waals surface area contributed by atoms with E-state index in [0.29, 0.717) is 6.42 Å². The quantitative estimate of drug-likeness (QED) is 0.553. The molecule has 0 aromatic heterocycles. The van der Waals surface area contributed by atoms with Crippen LogP contribution < -0.4 is 0 Å². The smallest absolute Gasteiger partial charge is 0.330 e. The van der Waals surface area contributed by atoms with Crippen LogP contribution in [0.2, 0.25) is 0 Å². The fourth-order valence-electron chi connectivity index (χ4n) is 1.91. The van der Waals surface area contributed by atoms with Crippen LogP contribution in [0.5, 0.6) is 0 Å². The molecular formula is C12H16F2O3. The summed E-state index contributed by atoms with van der Waals surface area (Å²) in [5.74, 6) is -5.26. The Hall–Kier alpha value is -1.26. The maximum absolute atomic E-state index is 13.6. The number of carbonyl (C=O) groups excluding carboxylic acids is 2. The normalized spacial score (nSPS) is 21.1. The number of esters is 1. The van der Waals surface area contributed by atoms with Crippen molar-refractivity contribution in [1.29, 1.82) is 0 Å². The molecule has 0 radical (unpaired) electrons. The average Bonchev–Trinajstić information content (AvgIpc) is 2.65. The first-order chi connectivity index (χ1) is 7.97. The molecule has 0 amide bonds. The highest BCUT2D eigenvalue weighted by atomic mass is 19.3. The summed E-state index contributed by atoms with van der Waals surface area (Å²) >= 11 is 0. The molecule has 0 aromatic rings. The Kier molecular flexibility index (Phi) is 4.78. The largest absolute Gasteiger partial charge is 0.463 e. The van der Waals surface area contributed by atoms with Crippen molar-refractivity contribution < 1.29 is 23.1 Å². The summed E-state index contributed by atoms with van der Waals surface area (Å²) in [5.41, 5.74) is 0. The number of Topliss-reactive ketones (excluding diaryl/α,β-unsaturated/α-hetero) is 1. The second kappa shape index (κ2) is 5.89. The molecule has 5 heteroatoms. The van der Waals surface area contributed by atoms with Gasteiger partial charge in [0.05, 0.1) is 12.5 Å². The van der Waals surface area contributed by atoms with E-state index in [-0.39, 0.29) is 25.2 Å². The van der Waals surface area contributed by atoms with Gasteiger partial charge in [-0.15, -0.1) is 0 Å². The lowest BCUT2D eigenvalue weighted by atomic mass is 9.96. The van der Waals surface area contributed by atoms with Crippen LogP contribution in [0.4, 0.5) is 8.78 Å². The van der Waals surface area contributed by atoms with Gasteiger partial charge in [-0.2, -0.15) is 0 Å². The summed E-state index contributed by atoms with van der Waals surface area (Å²) in [4.78, 5) is 22.1. The molecule has 1 atom stereocenters. The summed E-state index contributed by atoms with van der Waals surface area (Å²) in [6, 6.07) is 0. The summed E-state index contributed by atoms with van der Waals surface area (Å²) in [6.45, 7) is 1.85. The van der Waals surface area contributed by atoms with Gasteiger partial charge in [-0.1, -0.05) is 6.08 Å². The molecule has 1 unspecified atom stereocenters. The van der Waals surface area contributed by atoms with Gasteiger partial charge in [0.15, 0.2) is 0 Å². The van der Waals surface area contributed by atoms with Crippen molar-refractivity contribution in [3.05, 3.63) is 12.2 Å². The Balaban J connectivity index is 2.49. The fraction of sp³-hybridized carbons (Fsp3) is 0.667. The highest BCUT2D eigenvalue weighted by molar-refractivity contribution is 5.84.